The molecule has 1 heterocycles. The van der Waals surface area contributed by atoms with Crippen LogP contribution < -0.4 is 9.73 Å². The second-order valence-electron chi connectivity index (χ2n) is 4.83. The van der Waals surface area contributed by atoms with Gasteiger partial charge in [0.05, 0.1) is 18.2 Å². The van der Waals surface area contributed by atoms with E-state index in [1.165, 1.54) is 0 Å². The maximum Gasteiger partial charge on any atom is 0.341 e. The average molecular weight is 281 g/mol. The first-order valence-electron chi connectivity index (χ1n) is 6.92. The van der Waals surface area contributed by atoms with Crippen molar-refractivity contribution < 1.29 is 14.5 Å². The van der Waals surface area contributed by atoms with Gasteiger partial charge in [-0.25, -0.2) is 4.79 Å². The summed E-state index contributed by atoms with van der Waals surface area (Å²) in [4.78, 5) is 17.7. The van der Waals surface area contributed by atoms with Gasteiger partial charge in [0.15, 0.2) is 0 Å². The lowest BCUT2D eigenvalue weighted by Crippen LogP contribution is -2.71. The largest absolute Gasteiger partial charge is 0.497 e. The second kappa shape index (κ2) is 5.79. The maximum absolute atomic E-state index is 12.7. The van der Waals surface area contributed by atoms with Gasteiger partial charge in [-0.3, -0.25) is 4.99 Å². The van der Waals surface area contributed by atoms with Crippen molar-refractivity contribution in [3.63, 3.8) is 0 Å². The summed E-state index contributed by atoms with van der Waals surface area (Å²) in [5.41, 5.74) is 1.68. The summed E-state index contributed by atoms with van der Waals surface area (Å²) in [7, 11) is 1.61. The number of amides is 1. The summed E-state index contributed by atoms with van der Waals surface area (Å²) in [6, 6.07) is 17.1. The Morgan fingerprint density at radius 3 is 2.48 bits per heavy atom. The van der Waals surface area contributed by atoms with Crippen molar-refractivity contribution >= 4 is 11.7 Å². The molecule has 4 nitrogen and oxygen atoms in total. The minimum atomic E-state index is 0.00139. The lowest BCUT2D eigenvalue weighted by molar-refractivity contribution is -0.444. The zero-order valence-electron chi connectivity index (χ0n) is 11.9. The fourth-order valence-electron chi connectivity index (χ4n) is 2.44. The van der Waals surface area contributed by atoms with Gasteiger partial charge >= 0.3 is 5.91 Å². The number of nitrogens with zero attached hydrogens (tertiary/aromatic N) is 1. The summed E-state index contributed by atoms with van der Waals surface area (Å²) in [6.45, 7) is 1.45. The van der Waals surface area contributed by atoms with Gasteiger partial charge in [-0.05, 0) is 36.4 Å². The summed E-state index contributed by atoms with van der Waals surface area (Å²) in [5.74, 6) is 1.62. The summed E-state index contributed by atoms with van der Waals surface area (Å²) >= 11 is 0. The summed E-state index contributed by atoms with van der Waals surface area (Å²) in [6.07, 6.45) is 0. The maximum atomic E-state index is 12.7. The van der Waals surface area contributed by atoms with Crippen molar-refractivity contribution in [1.82, 2.24) is 4.90 Å². The molecule has 1 amide bonds. The standard InChI is InChI=1S/C17H16N2O2/c1-21-15-9-7-14(8-10-15)17(20)19-12-11-18-16(19)13-5-3-2-4-6-13/h2-10H,11-12H2,1H3/p+1. The highest BCUT2D eigenvalue weighted by molar-refractivity contribution is 6.10. The van der Waals surface area contributed by atoms with Crippen molar-refractivity contribution in [2.75, 3.05) is 20.2 Å². The van der Waals surface area contributed by atoms with Crippen molar-refractivity contribution in [2.24, 2.45) is 0 Å². The van der Waals surface area contributed by atoms with E-state index in [9.17, 15) is 4.79 Å². The number of nitrogens with one attached hydrogen (secondary N) is 1. The Kier molecular flexibility index (Phi) is 3.69. The van der Waals surface area contributed by atoms with Crippen LogP contribution in [0.25, 0.3) is 0 Å². The first kappa shape index (κ1) is 13.4. The van der Waals surface area contributed by atoms with Gasteiger partial charge in [0.1, 0.15) is 18.8 Å². The van der Waals surface area contributed by atoms with Crippen LogP contribution in [0.5, 0.6) is 5.75 Å². The summed E-state index contributed by atoms with van der Waals surface area (Å²) < 4.78 is 5.12. The Morgan fingerprint density at radius 2 is 1.81 bits per heavy atom. The number of methoxy groups -OCH3 is 1. The fourth-order valence-corrected chi connectivity index (χ4v) is 2.44. The van der Waals surface area contributed by atoms with E-state index in [0.29, 0.717) is 12.1 Å². The highest BCUT2D eigenvalue weighted by atomic mass is 16.5. The number of carbonyl (C=O) groups excluding carboxylic acids is 1. The second-order valence-corrected chi connectivity index (χ2v) is 4.83. The van der Waals surface area contributed by atoms with Crippen LogP contribution >= 0.6 is 0 Å². The van der Waals surface area contributed by atoms with Crippen LogP contribution in [0.1, 0.15) is 15.9 Å². The van der Waals surface area contributed by atoms with E-state index in [1.807, 2.05) is 30.3 Å². The molecular formula is C17H17N2O2+. The molecular weight excluding hydrogens is 264 g/mol. The zero-order valence-corrected chi connectivity index (χ0v) is 11.9. The highest BCUT2D eigenvalue weighted by Gasteiger charge is 2.33. The predicted octanol–water partition coefficient (Wildman–Crippen LogP) is 0.678. The molecule has 0 spiro atoms. The van der Waals surface area contributed by atoms with E-state index in [-0.39, 0.29) is 5.91 Å². The van der Waals surface area contributed by atoms with Gasteiger partial charge in [0.25, 0.3) is 5.84 Å². The third-order valence-electron chi connectivity index (χ3n) is 3.53. The number of amidine groups is 1. The smallest absolute Gasteiger partial charge is 0.341 e. The molecule has 1 aliphatic heterocycles. The molecule has 106 valence electrons. The molecule has 0 saturated carbocycles. The number of rotatable bonds is 3. The first-order valence-corrected chi connectivity index (χ1v) is 6.92. The Bertz CT molecular complexity index is 663. The minimum absolute atomic E-state index is 0.00139. The molecule has 0 unspecified atom stereocenters. The van der Waals surface area contributed by atoms with Crippen LogP contribution in [0, 0.1) is 0 Å². The minimum Gasteiger partial charge on any atom is -0.497 e. The SMILES string of the molecule is COc1ccc(C(=O)N2CC[NH+]=C2c2ccccc2)cc1. The molecule has 2 aromatic rings. The third kappa shape index (κ3) is 2.65. The molecule has 0 aliphatic carbocycles. The van der Waals surface area contributed by atoms with Crippen LogP contribution in [0.4, 0.5) is 0 Å². The van der Waals surface area contributed by atoms with Crippen LogP contribution in [0.2, 0.25) is 0 Å². The van der Waals surface area contributed by atoms with Gasteiger partial charge in [0.2, 0.25) is 0 Å². The predicted molar refractivity (Wildman–Crippen MR) is 80.4 cm³/mol. The number of carbonyl (C=O) groups is 1. The van der Waals surface area contributed by atoms with Crippen molar-refractivity contribution in [3.8, 4) is 5.75 Å². The van der Waals surface area contributed by atoms with Gasteiger partial charge in [-0.15, -0.1) is 0 Å². The Hall–Kier alpha value is -2.62. The molecule has 21 heavy (non-hydrogen) atoms. The lowest BCUT2D eigenvalue weighted by Gasteiger charge is -2.11. The van der Waals surface area contributed by atoms with Crippen molar-refractivity contribution in [3.05, 3.63) is 65.7 Å². The van der Waals surface area contributed by atoms with E-state index in [2.05, 4.69) is 4.99 Å². The summed E-state index contributed by atoms with van der Waals surface area (Å²) in [5, 5.41) is 0. The van der Waals surface area contributed by atoms with Crippen molar-refractivity contribution in [1.29, 1.82) is 0 Å². The van der Waals surface area contributed by atoms with E-state index in [0.717, 1.165) is 23.7 Å². The topological polar surface area (TPSA) is 43.5 Å². The molecule has 2 aromatic carbocycles. The molecule has 0 aromatic heterocycles. The Morgan fingerprint density at radius 1 is 1.10 bits per heavy atom. The molecule has 3 rings (SSSR count). The molecule has 0 bridgehead atoms. The van der Waals surface area contributed by atoms with E-state index in [1.54, 1.807) is 36.3 Å². The quantitative estimate of drug-likeness (QED) is 0.899. The number of hydrogen-bond donors (Lipinski definition) is 1. The highest BCUT2D eigenvalue weighted by Crippen LogP contribution is 2.14. The molecule has 0 radical (unpaired) electrons. The molecule has 1 N–H and O–H groups in total. The number of hydrogen-bond acceptors (Lipinski definition) is 2. The molecule has 0 atom stereocenters. The molecule has 1 aliphatic rings. The van der Waals surface area contributed by atoms with E-state index in [4.69, 9.17) is 4.74 Å². The zero-order chi connectivity index (χ0) is 14.7. The van der Waals surface area contributed by atoms with Gasteiger partial charge in [-0.2, -0.15) is 4.90 Å². The Labute approximate surface area is 123 Å². The van der Waals surface area contributed by atoms with E-state index >= 15 is 0 Å². The molecule has 4 heteroatoms. The van der Waals surface area contributed by atoms with Crippen LogP contribution in [-0.2, 0) is 0 Å². The third-order valence-corrected chi connectivity index (χ3v) is 3.53. The first-order chi connectivity index (χ1) is 10.3. The average Bonchev–Trinajstić information content (AvgIpc) is 3.04. The van der Waals surface area contributed by atoms with Crippen LogP contribution in [0.15, 0.2) is 54.6 Å². The molecule has 0 fully saturated rings. The number of ether oxygens (including phenoxy) is 1. The Balaban J connectivity index is 1.85. The van der Waals surface area contributed by atoms with Crippen molar-refractivity contribution in [2.45, 2.75) is 0 Å². The monoisotopic (exact) mass is 281 g/mol. The van der Waals surface area contributed by atoms with Gasteiger partial charge in [-0.1, -0.05) is 18.2 Å². The lowest BCUT2D eigenvalue weighted by atomic mass is 10.1. The molecule has 0 saturated heterocycles. The fraction of sp³-hybridized carbons (Fsp3) is 0.176. The van der Waals surface area contributed by atoms with E-state index < -0.39 is 0 Å². The van der Waals surface area contributed by atoms with Crippen LogP contribution in [0.3, 0.4) is 0 Å². The van der Waals surface area contributed by atoms with Gasteiger partial charge < -0.3 is 4.74 Å². The van der Waals surface area contributed by atoms with Crippen LogP contribution in [-0.4, -0.2) is 36.8 Å². The number of benzene rings is 2. The van der Waals surface area contributed by atoms with Gasteiger partial charge in [0, 0.05) is 0 Å². The normalized spacial score (nSPS) is 14.0.